The van der Waals surface area contributed by atoms with Gasteiger partial charge in [0.1, 0.15) is 12.4 Å². The molecule has 76 valence electrons. The predicted molar refractivity (Wildman–Crippen MR) is 52.0 cm³/mol. The predicted octanol–water partition coefficient (Wildman–Crippen LogP) is 2.35. The third-order valence-corrected chi connectivity index (χ3v) is 1.93. The third-order valence-electron chi connectivity index (χ3n) is 1.93. The molecule has 0 saturated heterocycles. The van der Waals surface area contributed by atoms with E-state index in [1.807, 2.05) is 0 Å². The molecule has 0 bridgehead atoms. The van der Waals surface area contributed by atoms with Gasteiger partial charge in [-0.05, 0) is 25.5 Å². The molecule has 0 radical (unpaired) electrons. The Hall–Kier alpha value is -1.22. The summed E-state index contributed by atoms with van der Waals surface area (Å²) in [7, 11) is 0. The van der Waals surface area contributed by atoms with Crippen LogP contribution in [0.25, 0.3) is 0 Å². The van der Waals surface area contributed by atoms with Crippen LogP contribution in [-0.4, -0.2) is 19.0 Å². The van der Waals surface area contributed by atoms with Crippen LogP contribution in [0, 0.1) is 12.7 Å². The summed E-state index contributed by atoms with van der Waals surface area (Å²) in [6.07, 6.45) is 0. The average molecular weight is 196 g/mol. The summed E-state index contributed by atoms with van der Waals surface area (Å²) >= 11 is 0. The molecule has 0 saturated carbocycles. The summed E-state index contributed by atoms with van der Waals surface area (Å²) in [5.74, 6) is -0.759. The molecule has 0 fully saturated rings. The lowest BCUT2D eigenvalue weighted by molar-refractivity contribution is 0.0779. The van der Waals surface area contributed by atoms with Crippen molar-refractivity contribution in [1.82, 2.24) is 0 Å². The van der Waals surface area contributed by atoms with Gasteiger partial charge in [-0.25, -0.2) is 4.39 Å². The van der Waals surface area contributed by atoms with Crippen molar-refractivity contribution in [3.8, 4) is 0 Å². The second kappa shape index (κ2) is 4.86. The molecule has 0 N–H and O–H groups in total. The quantitative estimate of drug-likeness (QED) is 0.691. The maximum Gasteiger partial charge on any atom is 0.191 e. The van der Waals surface area contributed by atoms with Crippen molar-refractivity contribution < 1.29 is 13.9 Å². The van der Waals surface area contributed by atoms with E-state index in [2.05, 4.69) is 0 Å². The average Bonchev–Trinajstić information content (AvgIpc) is 2.18. The fourth-order valence-electron chi connectivity index (χ4n) is 1.14. The van der Waals surface area contributed by atoms with E-state index < -0.39 is 5.82 Å². The molecule has 1 aromatic rings. The maximum absolute atomic E-state index is 13.4. The SMILES string of the molecule is CCOCC(=O)c1cccc(C)c1F. The van der Waals surface area contributed by atoms with E-state index in [1.165, 1.54) is 6.07 Å². The topological polar surface area (TPSA) is 26.3 Å². The number of ether oxygens (including phenoxy) is 1. The molecule has 0 heterocycles. The van der Waals surface area contributed by atoms with Crippen LogP contribution >= 0.6 is 0 Å². The van der Waals surface area contributed by atoms with Crippen LogP contribution in [0.3, 0.4) is 0 Å². The number of rotatable bonds is 4. The minimum absolute atomic E-state index is 0.0587. The Balaban J connectivity index is 2.84. The van der Waals surface area contributed by atoms with Crippen LogP contribution in [-0.2, 0) is 4.74 Å². The minimum Gasteiger partial charge on any atom is -0.374 e. The largest absolute Gasteiger partial charge is 0.374 e. The number of hydrogen-bond donors (Lipinski definition) is 0. The summed E-state index contributed by atoms with van der Waals surface area (Å²) in [5.41, 5.74) is 0.589. The zero-order valence-electron chi connectivity index (χ0n) is 8.34. The van der Waals surface area contributed by atoms with Crippen LogP contribution in [0.1, 0.15) is 22.8 Å². The van der Waals surface area contributed by atoms with Crippen molar-refractivity contribution in [3.05, 3.63) is 35.1 Å². The number of benzene rings is 1. The van der Waals surface area contributed by atoms with Crippen LogP contribution in [0.15, 0.2) is 18.2 Å². The first kappa shape index (κ1) is 10.9. The zero-order chi connectivity index (χ0) is 10.6. The van der Waals surface area contributed by atoms with Gasteiger partial charge in [-0.3, -0.25) is 4.79 Å². The maximum atomic E-state index is 13.4. The summed E-state index contributed by atoms with van der Waals surface area (Å²) in [5, 5.41) is 0. The van der Waals surface area contributed by atoms with Crippen molar-refractivity contribution in [3.63, 3.8) is 0 Å². The molecule has 0 atom stereocenters. The zero-order valence-corrected chi connectivity index (χ0v) is 8.34. The highest BCUT2D eigenvalue weighted by Gasteiger charge is 2.12. The highest BCUT2D eigenvalue weighted by molar-refractivity contribution is 5.97. The van der Waals surface area contributed by atoms with Gasteiger partial charge in [0.15, 0.2) is 5.78 Å². The molecule has 14 heavy (non-hydrogen) atoms. The van der Waals surface area contributed by atoms with Gasteiger partial charge < -0.3 is 4.74 Å². The van der Waals surface area contributed by atoms with E-state index in [1.54, 1.807) is 26.0 Å². The Labute approximate surface area is 82.7 Å². The normalized spacial score (nSPS) is 10.2. The number of halogens is 1. The van der Waals surface area contributed by atoms with Gasteiger partial charge in [-0.2, -0.15) is 0 Å². The van der Waals surface area contributed by atoms with Gasteiger partial charge in [0.2, 0.25) is 0 Å². The first-order chi connectivity index (χ1) is 6.66. The number of carbonyl (C=O) groups excluding carboxylic acids is 1. The van der Waals surface area contributed by atoms with Crippen LogP contribution < -0.4 is 0 Å². The third kappa shape index (κ3) is 2.39. The van der Waals surface area contributed by atoms with Crippen molar-refractivity contribution in [2.45, 2.75) is 13.8 Å². The van der Waals surface area contributed by atoms with Crippen LogP contribution in [0.5, 0.6) is 0 Å². The second-order valence-corrected chi connectivity index (χ2v) is 3.00. The van der Waals surface area contributed by atoms with Crippen LogP contribution in [0.4, 0.5) is 4.39 Å². The van der Waals surface area contributed by atoms with E-state index in [0.717, 1.165) is 0 Å². The Bertz CT molecular complexity index is 334. The molecular weight excluding hydrogens is 183 g/mol. The van der Waals surface area contributed by atoms with Gasteiger partial charge in [0.25, 0.3) is 0 Å². The van der Waals surface area contributed by atoms with E-state index in [9.17, 15) is 9.18 Å². The molecule has 0 amide bonds. The molecule has 0 aliphatic rings. The van der Waals surface area contributed by atoms with Gasteiger partial charge >= 0.3 is 0 Å². The van der Waals surface area contributed by atoms with Gasteiger partial charge in [-0.15, -0.1) is 0 Å². The lowest BCUT2D eigenvalue weighted by atomic mass is 10.1. The number of carbonyl (C=O) groups is 1. The summed E-state index contributed by atoms with van der Waals surface area (Å²) < 4.78 is 18.3. The molecule has 1 rings (SSSR count). The molecule has 0 spiro atoms. The van der Waals surface area contributed by atoms with Crippen molar-refractivity contribution in [2.24, 2.45) is 0 Å². The Morgan fingerprint density at radius 3 is 2.86 bits per heavy atom. The summed E-state index contributed by atoms with van der Waals surface area (Å²) in [6.45, 7) is 3.82. The molecular formula is C11H13FO2. The lowest BCUT2D eigenvalue weighted by Gasteiger charge is -2.04. The molecule has 0 aliphatic heterocycles. The van der Waals surface area contributed by atoms with E-state index in [0.29, 0.717) is 12.2 Å². The minimum atomic E-state index is -0.447. The van der Waals surface area contributed by atoms with Gasteiger partial charge in [-0.1, -0.05) is 12.1 Å². The molecule has 2 nitrogen and oxygen atoms in total. The van der Waals surface area contributed by atoms with Crippen molar-refractivity contribution >= 4 is 5.78 Å². The smallest absolute Gasteiger partial charge is 0.191 e. The number of Topliss-reactive ketones (excluding diaryl/α,β-unsaturated/α-hetero) is 1. The Kier molecular flexibility index (Phi) is 3.77. The van der Waals surface area contributed by atoms with Gasteiger partial charge in [0, 0.05) is 6.61 Å². The lowest BCUT2D eigenvalue weighted by Crippen LogP contribution is -2.11. The Morgan fingerprint density at radius 1 is 1.50 bits per heavy atom. The van der Waals surface area contributed by atoms with Crippen molar-refractivity contribution in [2.75, 3.05) is 13.2 Å². The standard InChI is InChI=1S/C11H13FO2/c1-3-14-7-10(13)9-6-4-5-8(2)11(9)12/h4-6H,3,7H2,1-2H3. The van der Waals surface area contributed by atoms with E-state index in [4.69, 9.17) is 4.74 Å². The van der Waals surface area contributed by atoms with Gasteiger partial charge in [0.05, 0.1) is 5.56 Å². The first-order valence-electron chi connectivity index (χ1n) is 4.53. The molecule has 3 heteroatoms. The monoisotopic (exact) mass is 196 g/mol. The fraction of sp³-hybridized carbons (Fsp3) is 0.364. The second-order valence-electron chi connectivity index (χ2n) is 3.00. The summed E-state index contributed by atoms with van der Waals surface area (Å²) in [6, 6.07) is 4.77. The van der Waals surface area contributed by atoms with Crippen LogP contribution in [0.2, 0.25) is 0 Å². The van der Waals surface area contributed by atoms with E-state index >= 15 is 0 Å². The fourth-order valence-corrected chi connectivity index (χ4v) is 1.14. The summed E-state index contributed by atoms with van der Waals surface area (Å²) in [4.78, 5) is 11.4. The number of aryl methyl sites for hydroxylation is 1. The van der Waals surface area contributed by atoms with Crippen molar-refractivity contribution in [1.29, 1.82) is 0 Å². The molecule has 1 aromatic carbocycles. The highest BCUT2D eigenvalue weighted by atomic mass is 19.1. The molecule has 0 unspecified atom stereocenters. The number of ketones is 1. The molecule has 0 aromatic heterocycles. The molecule has 0 aliphatic carbocycles. The van der Waals surface area contributed by atoms with E-state index in [-0.39, 0.29) is 18.0 Å². The Morgan fingerprint density at radius 2 is 2.21 bits per heavy atom. The highest BCUT2D eigenvalue weighted by Crippen LogP contribution is 2.12. The first-order valence-corrected chi connectivity index (χ1v) is 4.53. The number of hydrogen-bond acceptors (Lipinski definition) is 2.